The van der Waals surface area contributed by atoms with Crippen molar-refractivity contribution < 1.29 is 17.9 Å². The van der Waals surface area contributed by atoms with Crippen LogP contribution in [0.2, 0.25) is 0 Å². The monoisotopic (exact) mass is 287 g/mol. The van der Waals surface area contributed by atoms with E-state index in [4.69, 9.17) is 4.74 Å². The van der Waals surface area contributed by atoms with Gasteiger partial charge in [0.1, 0.15) is 0 Å². The Morgan fingerprint density at radius 1 is 1.20 bits per heavy atom. The van der Waals surface area contributed by atoms with E-state index in [9.17, 15) is 13.2 Å². The molecule has 0 spiro atoms. The minimum Gasteiger partial charge on any atom is -0.380 e. The summed E-state index contributed by atoms with van der Waals surface area (Å²) in [5.74, 6) is 0. The van der Waals surface area contributed by atoms with Crippen LogP contribution in [0.3, 0.4) is 0 Å². The van der Waals surface area contributed by atoms with Crippen LogP contribution in [-0.2, 0) is 10.9 Å². The number of benzene rings is 1. The van der Waals surface area contributed by atoms with Gasteiger partial charge in [0.15, 0.2) is 0 Å². The third kappa shape index (κ3) is 3.45. The Bertz CT molecular complexity index is 459. The summed E-state index contributed by atoms with van der Waals surface area (Å²) < 4.78 is 44.1. The molecule has 2 nitrogen and oxygen atoms in total. The van der Waals surface area contributed by atoms with Gasteiger partial charge in [-0.05, 0) is 37.5 Å². The molecule has 20 heavy (non-hydrogen) atoms. The number of methoxy groups -OCH3 is 1. The maximum atomic E-state index is 12.9. The molecule has 1 fully saturated rings. The smallest absolute Gasteiger partial charge is 0.380 e. The van der Waals surface area contributed by atoms with Crippen molar-refractivity contribution in [2.75, 3.05) is 12.4 Å². The van der Waals surface area contributed by atoms with Crippen molar-refractivity contribution in [3.05, 3.63) is 29.3 Å². The van der Waals surface area contributed by atoms with Crippen LogP contribution in [0.1, 0.15) is 36.8 Å². The van der Waals surface area contributed by atoms with Crippen molar-refractivity contribution in [1.29, 1.82) is 0 Å². The first-order valence-electron chi connectivity index (χ1n) is 6.89. The van der Waals surface area contributed by atoms with Crippen LogP contribution in [0, 0.1) is 6.92 Å². The highest BCUT2D eigenvalue weighted by molar-refractivity contribution is 5.50. The molecule has 1 aliphatic carbocycles. The summed E-state index contributed by atoms with van der Waals surface area (Å²) in [6, 6.07) is 4.48. The van der Waals surface area contributed by atoms with Crippen LogP contribution in [0.15, 0.2) is 18.2 Å². The van der Waals surface area contributed by atoms with E-state index in [1.165, 1.54) is 19.1 Å². The second-order valence-corrected chi connectivity index (χ2v) is 5.34. The Hall–Kier alpha value is -1.23. The predicted octanol–water partition coefficient (Wildman–Crippen LogP) is 4.38. The van der Waals surface area contributed by atoms with Gasteiger partial charge in [-0.3, -0.25) is 0 Å². The molecule has 2 atom stereocenters. The lowest BCUT2D eigenvalue weighted by Gasteiger charge is -2.32. The number of halogens is 3. The van der Waals surface area contributed by atoms with Crippen molar-refractivity contribution in [3.8, 4) is 0 Å². The van der Waals surface area contributed by atoms with Gasteiger partial charge in [0.05, 0.1) is 17.7 Å². The molecule has 0 bridgehead atoms. The molecule has 1 N–H and O–H groups in total. The minimum absolute atomic E-state index is 0.0689. The lowest BCUT2D eigenvalue weighted by Crippen LogP contribution is -2.37. The Labute approximate surface area is 117 Å². The first-order chi connectivity index (χ1) is 9.41. The molecular weight excluding hydrogens is 267 g/mol. The third-order valence-corrected chi connectivity index (χ3v) is 3.90. The summed E-state index contributed by atoms with van der Waals surface area (Å²) in [6.07, 6.45) is -0.178. The number of aryl methyl sites for hydroxylation is 1. The largest absolute Gasteiger partial charge is 0.416 e. The van der Waals surface area contributed by atoms with E-state index < -0.39 is 11.7 Å². The number of ether oxygens (including phenoxy) is 1. The van der Waals surface area contributed by atoms with Crippen molar-refractivity contribution in [2.24, 2.45) is 0 Å². The Kier molecular flexibility index (Phi) is 4.58. The standard InChI is InChI=1S/C15H20F3NO/c1-10-7-8-11(9-12(10)15(16,17)18)19-13-5-3-4-6-14(13)20-2/h7-9,13-14,19H,3-6H2,1-2H3. The van der Waals surface area contributed by atoms with Crippen molar-refractivity contribution in [2.45, 2.75) is 50.9 Å². The van der Waals surface area contributed by atoms with Crippen molar-refractivity contribution >= 4 is 5.69 Å². The number of nitrogens with one attached hydrogen (secondary N) is 1. The average molecular weight is 287 g/mol. The van der Waals surface area contributed by atoms with Gasteiger partial charge in [-0.25, -0.2) is 0 Å². The van der Waals surface area contributed by atoms with Gasteiger partial charge >= 0.3 is 6.18 Å². The summed E-state index contributed by atoms with van der Waals surface area (Å²) >= 11 is 0. The molecule has 0 saturated heterocycles. The molecule has 1 aromatic carbocycles. The van der Waals surface area contributed by atoms with E-state index in [0.29, 0.717) is 5.69 Å². The fourth-order valence-electron chi connectivity index (χ4n) is 2.78. The number of alkyl halides is 3. The SMILES string of the molecule is COC1CCCCC1Nc1ccc(C)c(C(F)(F)F)c1. The molecule has 1 aromatic rings. The van der Waals surface area contributed by atoms with Crippen LogP contribution in [-0.4, -0.2) is 19.3 Å². The second-order valence-electron chi connectivity index (χ2n) is 5.34. The minimum atomic E-state index is -4.31. The summed E-state index contributed by atoms with van der Waals surface area (Å²) in [6.45, 7) is 1.48. The summed E-state index contributed by atoms with van der Waals surface area (Å²) in [5.41, 5.74) is 0.180. The van der Waals surface area contributed by atoms with Gasteiger partial charge in [-0.2, -0.15) is 13.2 Å². The molecule has 2 rings (SSSR count). The maximum Gasteiger partial charge on any atom is 0.416 e. The zero-order chi connectivity index (χ0) is 14.8. The Morgan fingerprint density at radius 3 is 2.55 bits per heavy atom. The number of hydrogen-bond acceptors (Lipinski definition) is 2. The van der Waals surface area contributed by atoms with Gasteiger partial charge in [0, 0.05) is 12.8 Å². The fraction of sp³-hybridized carbons (Fsp3) is 0.600. The Morgan fingerprint density at radius 2 is 1.90 bits per heavy atom. The Balaban J connectivity index is 2.17. The number of hydrogen-bond donors (Lipinski definition) is 1. The molecule has 0 amide bonds. The van der Waals surface area contributed by atoms with E-state index in [1.807, 2.05) is 0 Å². The molecule has 0 radical (unpaired) electrons. The topological polar surface area (TPSA) is 21.3 Å². The number of rotatable bonds is 3. The summed E-state index contributed by atoms with van der Waals surface area (Å²) in [7, 11) is 1.65. The quantitative estimate of drug-likeness (QED) is 0.890. The van der Waals surface area contributed by atoms with Gasteiger partial charge in [0.25, 0.3) is 0 Å². The van der Waals surface area contributed by atoms with E-state index >= 15 is 0 Å². The molecule has 0 aromatic heterocycles. The highest BCUT2D eigenvalue weighted by Gasteiger charge is 2.33. The summed E-state index contributed by atoms with van der Waals surface area (Å²) in [5, 5.41) is 3.20. The predicted molar refractivity (Wildman–Crippen MR) is 72.9 cm³/mol. The van der Waals surface area contributed by atoms with Crippen LogP contribution in [0.5, 0.6) is 0 Å². The second kappa shape index (κ2) is 6.04. The van der Waals surface area contributed by atoms with Crippen LogP contribution in [0.25, 0.3) is 0 Å². The molecule has 0 aliphatic heterocycles. The van der Waals surface area contributed by atoms with Crippen LogP contribution >= 0.6 is 0 Å². The van der Waals surface area contributed by atoms with E-state index in [-0.39, 0.29) is 17.7 Å². The zero-order valence-corrected chi connectivity index (χ0v) is 11.8. The fourth-order valence-corrected chi connectivity index (χ4v) is 2.78. The lowest BCUT2D eigenvalue weighted by molar-refractivity contribution is -0.138. The van der Waals surface area contributed by atoms with Crippen molar-refractivity contribution in [3.63, 3.8) is 0 Å². The van der Waals surface area contributed by atoms with Gasteiger partial charge < -0.3 is 10.1 Å². The van der Waals surface area contributed by atoms with E-state index in [0.717, 1.165) is 25.7 Å². The first kappa shape index (κ1) is 15.2. The van der Waals surface area contributed by atoms with Gasteiger partial charge in [-0.15, -0.1) is 0 Å². The maximum absolute atomic E-state index is 12.9. The molecule has 112 valence electrons. The van der Waals surface area contributed by atoms with Gasteiger partial charge in [-0.1, -0.05) is 18.9 Å². The van der Waals surface area contributed by atoms with Crippen molar-refractivity contribution in [1.82, 2.24) is 0 Å². The van der Waals surface area contributed by atoms with E-state index in [1.54, 1.807) is 13.2 Å². The highest BCUT2D eigenvalue weighted by Crippen LogP contribution is 2.34. The van der Waals surface area contributed by atoms with Gasteiger partial charge in [0.2, 0.25) is 0 Å². The zero-order valence-electron chi connectivity index (χ0n) is 11.8. The molecule has 1 aliphatic rings. The molecule has 0 heterocycles. The molecule has 5 heteroatoms. The van der Waals surface area contributed by atoms with Crippen LogP contribution < -0.4 is 5.32 Å². The highest BCUT2D eigenvalue weighted by atomic mass is 19.4. The average Bonchev–Trinajstić information content (AvgIpc) is 2.40. The molecule has 2 unspecified atom stereocenters. The summed E-state index contributed by atoms with van der Waals surface area (Å²) in [4.78, 5) is 0. The number of anilines is 1. The normalized spacial score (nSPS) is 23.6. The molecular formula is C15H20F3NO. The third-order valence-electron chi connectivity index (χ3n) is 3.90. The van der Waals surface area contributed by atoms with Crippen LogP contribution in [0.4, 0.5) is 18.9 Å². The first-order valence-corrected chi connectivity index (χ1v) is 6.89. The lowest BCUT2D eigenvalue weighted by atomic mass is 9.92. The molecule has 1 saturated carbocycles. The van der Waals surface area contributed by atoms with E-state index in [2.05, 4.69) is 5.32 Å².